The van der Waals surface area contributed by atoms with E-state index in [9.17, 15) is 19.2 Å². The first-order valence-corrected chi connectivity index (χ1v) is 22.2. The van der Waals surface area contributed by atoms with E-state index < -0.39 is 23.6 Å². The van der Waals surface area contributed by atoms with Gasteiger partial charge in [0, 0.05) is 55.2 Å². The van der Waals surface area contributed by atoms with Gasteiger partial charge in [0.1, 0.15) is 16.8 Å². The first kappa shape index (κ1) is 44.0. The normalized spacial score (nSPS) is 13.5. The predicted molar refractivity (Wildman–Crippen MR) is 238 cm³/mol. The quantitative estimate of drug-likeness (QED) is 0.0610. The second-order valence-corrected chi connectivity index (χ2v) is 17.5. The van der Waals surface area contributed by atoms with E-state index >= 15 is 0 Å². The number of allylic oxidation sites excluding steroid dienone is 2. The molecule has 0 spiro atoms. The highest BCUT2D eigenvalue weighted by Crippen LogP contribution is 2.32. The van der Waals surface area contributed by atoms with Crippen LogP contribution in [0.1, 0.15) is 85.8 Å². The molecule has 5 aromatic heterocycles. The molecule has 1 saturated heterocycles. The summed E-state index contributed by atoms with van der Waals surface area (Å²) in [7, 11) is 0. The van der Waals surface area contributed by atoms with E-state index in [1.54, 1.807) is 21.3 Å². The van der Waals surface area contributed by atoms with Crippen LogP contribution in [-0.4, -0.2) is 102 Å². The lowest BCUT2D eigenvalue weighted by Crippen LogP contribution is -2.37. The average molecular weight is 883 g/mol. The Bertz CT molecular complexity index is 2620. The first-order chi connectivity index (χ1) is 29.8. The molecule has 6 N–H and O–H groups in total. The maximum absolute atomic E-state index is 13.7. The van der Waals surface area contributed by atoms with Gasteiger partial charge in [0.25, 0.3) is 11.8 Å². The topological polar surface area (TPSA) is 240 Å². The number of pyridine rings is 1. The summed E-state index contributed by atoms with van der Waals surface area (Å²) in [4.78, 5) is 76.9. The number of nitrogens with one attached hydrogen (secondary N) is 2. The van der Waals surface area contributed by atoms with Gasteiger partial charge in [-0.05, 0) is 49.3 Å². The Hall–Kier alpha value is -6.09. The summed E-state index contributed by atoms with van der Waals surface area (Å²) in [6, 6.07) is 4.69. The third-order valence-corrected chi connectivity index (χ3v) is 11.6. The Morgan fingerprint density at radius 2 is 1.35 bits per heavy atom. The van der Waals surface area contributed by atoms with Gasteiger partial charge in [-0.25, -0.2) is 24.9 Å². The van der Waals surface area contributed by atoms with Gasteiger partial charge in [-0.3, -0.25) is 39.3 Å². The molecule has 1 aliphatic heterocycles. The number of carbonyl (C=O) groups is 4. The summed E-state index contributed by atoms with van der Waals surface area (Å²) in [6.07, 6.45) is 7.27. The van der Waals surface area contributed by atoms with Gasteiger partial charge in [0.2, 0.25) is 23.7 Å². The van der Waals surface area contributed by atoms with Crippen molar-refractivity contribution in [2.45, 2.75) is 60.0 Å². The lowest BCUT2D eigenvalue weighted by molar-refractivity contribution is 0.0358. The van der Waals surface area contributed by atoms with Gasteiger partial charge in [-0.15, -0.1) is 22.7 Å². The summed E-state index contributed by atoms with van der Waals surface area (Å²) < 4.78 is 15.3. The molecule has 1 aromatic carbocycles. The molecule has 4 amide bonds. The zero-order chi connectivity index (χ0) is 43.9. The fourth-order valence-corrected chi connectivity index (χ4v) is 8.43. The number of ether oxygens (including phenoxy) is 2. The Labute approximate surface area is 365 Å². The van der Waals surface area contributed by atoms with E-state index in [-0.39, 0.29) is 46.1 Å². The van der Waals surface area contributed by atoms with Crippen molar-refractivity contribution in [3.8, 4) is 5.75 Å². The SMILES string of the molecule is CC(C)Cc1csc(C(=O)Nc2nc3cc(C(N)=O)cnc3n2C/C=C/Cn2c(NC(=O)c3nc(CC(C)C)cs3)nc3cc(C(N)=O)cc(OCCCN4CCOCC4)c32)n1. The third-order valence-electron chi connectivity index (χ3n) is 9.86. The molecule has 0 bridgehead atoms. The highest BCUT2D eigenvalue weighted by molar-refractivity contribution is 7.12. The summed E-state index contributed by atoms with van der Waals surface area (Å²) >= 11 is 2.50. The molecule has 62 heavy (non-hydrogen) atoms. The van der Waals surface area contributed by atoms with E-state index in [0.717, 1.165) is 50.3 Å². The number of nitrogens with zero attached hydrogens (tertiary/aromatic N) is 8. The Morgan fingerprint density at radius 1 is 0.790 bits per heavy atom. The van der Waals surface area contributed by atoms with E-state index in [0.29, 0.717) is 59.6 Å². The van der Waals surface area contributed by atoms with Crippen LogP contribution in [0.5, 0.6) is 5.75 Å². The van der Waals surface area contributed by atoms with Gasteiger partial charge in [-0.1, -0.05) is 39.8 Å². The molecule has 7 rings (SSSR count). The number of carbonyl (C=O) groups excluding carboxylic acids is 4. The van der Waals surface area contributed by atoms with Crippen molar-refractivity contribution in [1.82, 2.24) is 39.0 Å². The van der Waals surface area contributed by atoms with Crippen LogP contribution in [-0.2, 0) is 30.7 Å². The fraction of sp³-hybridized carbons (Fsp3) is 0.405. The number of hydrogen-bond donors (Lipinski definition) is 4. The van der Waals surface area contributed by atoms with Crippen LogP contribution >= 0.6 is 22.7 Å². The molecule has 6 aromatic rings. The predicted octanol–water partition coefficient (Wildman–Crippen LogP) is 5.15. The number of hydrogen-bond acceptors (Lipinski definition) is 14. The maximum Gasteiger partial charge on any atom is 0.286 e. The van der Waals surface area contributed by atoms with Crippen molar-refractivity contribution in [1.29, 1.82) is 0 Å². The van der Waals surface area contributed by atoms with Crippen LogP contribution in [0, 0.1) is 11.8 Å². The molecule has 0 saturated carbocycles. The van der Waals surface area contributed by atoms with Crippen LogP contribution in [0.15, 0.2) is 47.3 Å². The average Bonchev–Trinajstić information content (AvgIpc) is 4.04. The van der Waals surface area contributed by atoms with E-state index in [1.165, 1.54) is 34.9 Å². The van der Waals surface area contributed by atoms with E-state index in [1.807, 2.05) is 22.9 Å². The number of thiazole rings is 2. The smallest absolute Gasteiger partial charge is 0.286 e. The molecule has 0 aliphatic carbocycles. The van der Waals surface area contributed by atoms with Crippen LogP contribution in [0.3, 0.4) is 0 Å². The van der Waals surface area contributed by atoms with Crippen molar-refractivity contribution in [2.75, 3.05) is 50.1 Å². The monoisotopic (exact) mass is 882 g/mol. The minimum absolute atomic E-state index is 0.169. The van der Waals surface area contributed by atoms with Crippen LogP contribution in [0.4, 0.5) is 11.9 Å². The number of morpholine rings is 1. The van der Waals surface area contributed by atoms with Gasteiger partial charge < -0.3 is 25.5 Å². The van der Waals surface area contributed by atoms with Crippen molar-refractivity contribution < 1.29 is 28.7 Å². The second kappa shape index (κ2) is 19.7. The van der Waals surface area contributed by atoms with Gasteiger partial charge in [0.15, 0.2) is 15.7 Å². The molecule has 0 atom stereocenters. The highest BCUT2D eigenvalue weighted by Gasteiger charge is 2.23. The summed E-state index contributed by atoms with van der Waals surface area (Å²) in [5, 5.41) is 10.1. The third kappa shape index (κ3) is 10.7. The largest absolute Gasteiger partial charge is 0.491 e. The molecular weight excluding hydrogens is 833 g/mol. The molecule has 20 heteroatoms. The molecule has 0 radical (unpaired) electrons. The summed E-state index contributed by atoms with van der Waals surface area (Å²) in [5.74, 6) is -0.658. The van der Waals surface area contributed by atoms with E-state index in [4.69, 9.17) is 25.9 Å². The van der Waals surface area contributed by atoms with Gasteiger partial charge in [0.05, 0.1) is 42.3 Å². The van der Waals surface area contributed by atoms with Crippen molar-refractivity contribution in [2.24, 2.45) is 23.3 Å². The molecule has 326 valence electrons. The molecule has 18 nitrogen and oxygen atoms in total. The Kier molecular flexibility index (Phi) is 14.0. The number of primary amides is 2. The van der Waals surface area contributed by atoms with E-state index in [2.05, 4.69) is 63.2 Å². The summed E-state index contributed by atoms with van der Waals surface area (Å²) in [5.41, 5.74) is 15.0. The van der Waals surface area contributed by atoms with Gasteiger partial charge >= 0.3 is 0 Å². The lowest BCUT2D eigenvalue weighted by Gasteiger charge is -2.26. The minimum atomic E-state index is -0.662. The molecule has 1 fully saturated rings. The zero-order valence-corrected chi connectivity index (χ0v) is 36.7. The van der Waals surface area contributed by atoms with Crippen LogP contribution in [0.2, 0.25) is 0 Å². The molecule has 1 aliphatic rings. The second-order valence-electron chi connectivity index (χ2n) is 15.7. The number of aromatic nitrogens is 7. The zero-order valence-electron chi connectivity index (χ0n) is 35.1. The Balaban J connectivity index is 1.19. The number of fused-ring (bicyclic) bond motifs is 2. The standard InChI is InChI=1S/C42H50N12O6S2/c1-24(2)16-28-22-61-39(46-28)37(57)50-41-48-30-18-26(34(43)55)20-32(60-13-7-8-52-11-14-59-15-12-52)33(30)53(41)9-5-6-10-54-36-31(19-27(21-45-36)35(44)56)49-42(54)51-38(58)40-47-29(23-62-40)17-25(3)4/h5-6,18-25H,7-17H2,1-4H3,(H2,43,55)(H2,44,56)(H,48,50,57)(H,49,51,58)/b6-5+. The van der Waals surface area contributed by atoms with Crippen molar-refractivity contribution >= 4 is 80.4 Å². The minimum Gasteiger partial charge on any atom is -0.491 e. The highest BCUT2D eigenvalue weighted by atomic mass is 32.1. The number of rotatable bonds is 19. The lowest BCUT2D eigenvalue weighted by atomic mass is 10.1. The fourth-order valence-electron chi connectivity index (χ4n) is 6.98. The number of anilines is 2. The van der Waals surface area contributed by atoms with Crippen molar-refractivity contribution in [3.05, 3.63) is 79.8 Å². The van der Waals surface area contributed by atoms with Crippen molar-refractivity contribution in [3.63, 3.8) is 0 Å². The number of benzene rings is 1. The summed E-state index contributed by atoms with van der Waals surface area (Å²) in [6.45, 7) is 13.0. The first-order valence-electron chi connectivity index (χ1n) is 20.4. The maximum atomic E-state index is 13.7. The van der Waals surface area contributed by atoms with Crippen LogP contribution < -0.4 is 26.8 Å². The molecule has 0 unspecified atom stereocenters. The molecule has 6 heterocycles. The number of amides is 4. The molecular formula is C42H50N12O6S2. The van der Waals surface area contributed by atoms with Crippen LogP contribution in [0.25, 0.3) is 22.2 Å². The number of nitrogens with two attached hydrogens (primary N) is 2. The Morgan fingerprint density at radius 3 is 1.95 bits per heavy atom. The van der Waals surface area contributed by atoms with Gasteiger partial charge in [-0.2, -0.15) is 0 Å². The number of imidazole rings is 2.